The van der Waals surface area contributed by atoms with Gasteiger partial charge in [-0.1, -0.05) is 146 Å². The van der Waals surface area contributed by atoms with Gasteiger partial charge in [0.25, 0.3) is 0 Å². The molecular formula is C36H33OP. The maximum atomic E-state index is 6.46. The van der Waals surface area contributed by atoms with Crippen LogP contribution in [0.5, 0.6) is 5.75 Å². The molecule has 1 atom stereocenters. The van der Waals surface area contributed by atoms with E-state index in [9.17, 15) is 0 Å². The highest BCUT2D eigenvalue weighted by Gasteiger charge is 2.17. The van der Waals surface area contributed by atoms with Crippen molar-refractivity contribution >= 4 is 24.3 Å². The van der Waals surface area contributed by atoms with E-state index in [1.165, 1.54) is 38.4 Å². The van der Waals surface area contributed by atoms with Crippen LogP contribution in [0.15, 0.2) is 158 Å². The lowest BCUT2D eigenvalue weighted by Crippen LogP contribution is -2.15. The summed E-state index contributed by atoms with van der Waals surface area (Å²) in [6, 6.07) is 48.2. The summed E-state index contributed by atoms with van der Waals surface area (Å²) in [4.78, 5) is 0. The van der Waals surface area contributed by atoms with Crippen LogP contribution >= 0.6 is 8.15 Å². The summed E-state index contributed by atoms with van der Waals surface area (Å²) in [5.41, 5.74) is 6.22. The van der Waals surface area contributed by atoms with Gasteiger partial charge in [-0.25, -0.2) is 0 Å². The molecule has 0 spiro atoms. The van der Waals surface area contributed by atoms with Crippen LogP contribution in [0.1, 0.15) is 18.1 Å². The SMILES string of the molecule is C=C/C=C(\C)c1ccccc1.Cc1ccc(-c2cccc(P(Oc3ccccc3)c3ccccc3)c2)cc1. The smallest absolute Gasteiger partial charge is 0.150 e. The molecular weight excluding hydrogens is 479 g/mol. The van der Waals surface area contributed by atoms with Gasteiger partial charge >= 0.3 is 0 Å². The third-order valence-electron chi connectivity index (χ3n) is 5.99. The molecule has 38 heavy (non-hydrogen) atoms. The van der Waals surface area contributed by atoms with E-state index in [0.717, 1.165) is 5.75 Å². The Morgan fingerprint density at radius 3 is 1.84 bits per heavy atom. The summed E-state index contributed by atoms with van der Waals surface area (Å²) in [6.07, 6.45) is 3.82. The molecule has 1 unspecified atom stereocenters. The largest absolute Gasteiger partial charge is 0.464 e. The monoisotopic (exact) mass is 512 g/mol. The van der Waals surface area contributed by atoms with E-state index in [1.54, 1.807) is 0 Å². The fraction of sp³-hybridized carbons (Fsp3) is 0.0556. The molecule has 5 aromatic carbocycles. The second-order valence-corrected chi connectivity index (χ2v) is 10.7. The number of benzene rings is 5. The van der Waals surface area contributed by atoms with Crippen molar-refractivity contribution in [3.05, 3.63) is 169 Å². The number of hydrogen-bond donors (Lipinski definition) is 0. The van der Waals surface area contributed by atoms with Crippen LogP contribution in [0.25, 0.3) is 16.7 Å². The minimum Gasteiger partial charge on any atom is -0.464 e. The van der Waals surface area contributed by atoms with Gasteiger partial charge < -0.3 is 4.52 Å². The van der Waals surface area contributed by atoms with E-state index < -0.39 is 8.15 Å². The Morgan fingerprint density at radius 2 is 1.21 bits per heavy atom. The summed E-state index contributed by atoms with van der Waals surface area (Å²) < 4.78 is 6.46. The zero-order valence-corrected chi connectivity index (χ0v) is 22.9. The molecule has 0 heterocycles. The molecule has 0 bridgehead atoms. The first kappa shape index (κ1) is 26.9. The molecule has 0 N–H and O–H groups in total. The molecule has 1 nitrogen and oxygen atoms in total. The Kier molecular flexibility index (Phi) is 9.85. The summed E-state index contributed by atoms with van der Waals surface area (Å²) in [5.74, 6) is 0.896. The molecule has 0 aliphatic carbocycles. The molecule has 2 heteroatoms. The van der Waals surface area contributed by atoms with Crippen molar-refractivity contribution in [3.8, 4) is 16.9 Å². The maximum absolute atomic E-state index is 6.46. The lowest BCUT2D eigenvalue weighted by molar-refractivity contribution is 0.630. The minimum atomic E-state index is -0.940. The van der Waals surface area contributed by atoms with Crippen molar-refractivity contribution in [2.45, 2.75) is 13.8 Å². The van der Waals surface area contributed by atoms with E-state index in [2.05, 4.69) is 105 Å². The molecule has 0 amide bonds. The topological polar surface area (TPSA) is 9.23 Å². The Hall–Kier alpha value is -4.19. The van der Waals surface area contributed by atoms with Crippen LogP contribution in [0.2, 0.25) is 0 Å². The standard InChI is InChI=1S/C25H21OP.C11H12/c1-20-15-17-21(18-16-20)22-9-8-14-25(19-22)27(24-12-6-3-7-13-24)26-23-10-4-2-5-11-23;1-3-7-10(2)11-8-5-4-6-9-11/h2-19H,1H3;3-9H,1H2,2H3/b;10-7+. The van der Waals surface area contributed by atoms with Crippen LogP contribution in [0.3, 0.4) is 0 Å². The van der Waals surface area contributed by atoms with Crippen LogP contribution in [-0.2, 0) is 0 Å². The summed E-state index contributed by atoms with van der Waals surface area (Å²) in [5, 5.41) is 2.41. The van der Waals surface area contributed by atoms with Crippen molar-refractivity contribution in [2.75, 3.05) is 0 Å². The fourth-order valence-corrected chi connectivity index (χ4v) is 5.70. The van der Waals surface area contributed by atoms with Gasteiger partial charge in [0.2, 0.25) is 0 Å². The molecule has 188 valence electrons. The first-order chi connectivity index (χ1) is 18.6. The lowest BCUT2D eigenvalue weighted by Gasteiger charge is -2.20. The molecule has 0 aliphatic heterocycles. The quantitative estimate of drug-likeness (QED) is 0.156. The molecule has 0 radical (unpaired) electrons. The van der Waals surface area contributed by atoms with E-state index in [4.69, 9.17) is 4.52 Å². The van der Waals surface area contributed by atoms with Crippen molar-refractivity contribution in [1.29, 1.82) is 0 Å². The van der Waals surface area contributed by atoms with E-state index in [1.807, 2.05) is 66.7 Å². The summed E-state index contributed by atoms with van der Waals surface area (Å²) in [7, 11) is -0.940. The lowest BCUT2D eigenvalue weighted by atomic mass is 10.0. The van der Waals surface area contributed by atoms with E-state index in [-0.39, 0.29) is 0 Å². The molecule has 0 fully saturated rings. The average Bonchev–Trinajstić information content (AvgIpc) is 2.98. The molecule has 5 aromatic rings. The Labute approximate surface area is 228 Å². The summed E-state index contributed by atoms with van der Waals surface area (Å²) in [6.45, 7) is 7.84. The van der Waals surface area contributed by atoms with Gasteiger partial charge in [0, 0.05) is 10.6 Å². The van der Waals surface area contributed by atoms with Crippen molar-refractivity contribution in [3.63, 3.8) is 0 Å². The van der Waals surface area contributed by atoms with Gasteiger partial charge in [0.15, 0.2) is 8.15 Å². The highest BCUT2D eigenvalue weighted by atomic mass is 31.1. The average molecular weight is 513 g/mol. The number of hydrogen-bond acceptors (Lipinski definition) is 1. The van der Waals surface area contributed by atoms with Gasteiger partial charge in [-0.15, -0.1) is 0 Å². The predicted octanol–water partition coefficient (Wildman–Crippen LogP) is 9.36. The van der Waals surface area contributed by atoms with Gasteiger partial charge in [-0.2, -0.15) is 0 Å². The van der Waals surface area contributed by atoms with Gasteiger partial charge in [0.05, 0.1) is 0 Å². The van der Waals surface area contributed by atoms with Crippen LogP contribution in [-0.4, -0.2) is 0 Å². The van der Waals surface area contributed by atoms with Crippen LogP contribution in [0.4, 0.5) is 0 Å². The van der Waals surface area contributed by atoms with Crippen molar-refractivity contribution < 1.29 is 4.52 Å². The molecule has 5 rings (SSSR count). The number of aryl methyl sites for hydroxylation is 1. The Balaban J connectivity index is 0.000000257. The minimum absolute atomic E-state index is 0.896. The second-order valence-electron chi connectivity index (χ2n) is 8.90. The number of rotatable bonds is 7. The van der Waals surface area contributed by atoms with Crippen molar-refractivity contribution in [1.82, 2.24) is 0 Å². The third kappa shape index (κ3) is 7.65. The Morgan fingerprint density at radius 1 is 0.632 bits per heavy atom. The molecule has 0 saturated carbocycles. The van der Waals surface area contributed by atoms with E-state index >= 15 is 0 Å². The Bertz CT molecular complexity index is 1440. The first-order valence-electron chi connectivity index (χ1n) is 12.7. The maximum Gasteiger partial charge on any atom is 0.150 e. The zero-order chi connectivity index (χ0) is 26.6. The molecule has 0 aromatic heterocycles. The number of para-hydroxylation sites is 1. The van der Waals surface area contributed by atoms with Gasteiger partial charge in [-0.3, -0.25) is 0 Å². The van der Waals surface area contributed by atoms with Crippen LogP contribution in [0, 0.1) is 6.92 Å². The van der Waals surface area contributed by atoms with Crippen LogP contribution < -0.4 is 15.1 Å². The predicted molar refractivity (Wildman–Crippen MR) is 167 cm³/mol. The normalized spacial score (nSPS) is 11.6. The molecule has 0 saturated heterocycles. The molecule has 0 aliphatic rings. The summed E-state index contributed by atoms with van der Waals surface area (Å²) >= 11 is 0. The van der Waals surface area contributed by atoms with Gasteiger partial charge in [0.1, 0.15) is 5.75 Å². The second kappa shape index (κ2) is 13.9. The fourth-order valence-electron chi connectivity index (χ4n) is 3.94. The van der Waals surface area contributed by atoms with Crippen molar-refractivity contribution in [2.24, 2.45) is 0 Å². The zero-order valence-electron chi connectivity index (χ0n) is 22.0. The number of allylic oxidation sites excluding steroid dienone is 3. The highest BCUT2D eigenvalue weighted by Crippen LogP contribution is 2.37. The highest BCUT2D eigenvalue weighted by molar-refractivity contribution is 7.68. The third-order valence-corrected chi connectivity index (χ3v) is 7.90. The first-order valence-corrected chi connectivity index (χ1v) is 14.0. The van der Waals surface area contributed by atoms with E-state index in [0.29, 0.717) is 0 Å². The van der Waals surface area contributed by atoms with Gasteiger partial charge in [-0.05, 0) is 54.3 Å².